The molecule has 4 aliphatic rings. The number of methoxy groups -OCH3 is 1. The molecule has 2 fully saturated rings. The minimum absolute atomic E-state index is 0.0108. The summed E-state index contributed by atoms with van der Waals surface area (Å²) >= 11 is 0. The van der Waals surface area contributed by atoms with Crippen molar-refractivity contribution in [1.29, 1.82) is 0 Å². The number of hydrogen-bond donors (Lipinski definition) is 3. The molecule has 23 heavy (non-hydrogen) atoms. The van der Waals surface area contributed by atoms with Crippen molar-refractivity contribution < 1.29 is 24.8 Å². The second kappa shape index (κ2) is 4.21. The number of hydrogen-bond acceptors (Lipinski definition) is 5. The normalized spacial score (nSPS) is 46.1. The maximum atomic E-state index is 11.7. The van der Waals surface area contributed by atoms with E-state index in [9.17, 15) is 15.3 Å². The summed E-state index contributed by atoms with van der Waals surface area (Å²) in [7, 11) is 1.60. The van der Waals surface area contributed by atoms with Gasteiger partial charge in [0.15, 0.2) is 11.5 Å². The maximum absolute atomic E-state index is 11.7. The van der Waals surface area contributed by atoms with Crippen molar-refractivity contribution >= 4 is 0 Å². The summed E-state index contributed by atoms with van der Waals surface area (Å²) in [5.41, 5.74) is 0.196. The molecule has 0 radical (unpaired) electrons. The van der Waals surface area contributed by atoms with Crippen LogP contribution < -0.4 is 9.47 Å². The number of rotatable bonds is 1. The van der Waals surface area contributed by atoms with E-state index >= 15 is 0 Å². The Hall–Kier alpha value is -1.30. The number of benzene rings is 1. The van der Waals surface area contributed by atoms with E-state index in [4.69, 9.17) is 9.47 Å². The standard InChI is InChI=1S/C18H22O5/c1-22-12-5-4-9-7-10-3-2-6-17-14(9)15(12)23-16(17)11(19)8-13(20)18(10,17)21/h4-5,10-11,13,16,19-21H,2-3,6-8H2,1H3/t10-,11?,13-,16+,17+,18+/m1/s1. The van der Waals surface area contributed by atoms with Crippen LogP contribution in [0.5, 0.6) is 11.5 Å². The van der Waals surface area contributed by atoms with E-state index in [1.54, 1.807) is 7.11 Å². The Kier molecular flexibility index (Phi) is 2.57. The molecule has 1 spiro atoms. The molecule has 5 nitrogen and oxygen atoms in total. The maximum Gasteiger partial charge on any atom is 0.166 e. The molecule has 1 aromatic rings. The van der Waals surface area contributed by atoms with Crippen LogP contribution in [-0.4, -0.2) is 46.3 Å². The first-order chi connectivity index (χ1) is 11.0. The van der Waals surface area contributed by atoms with E-state index in [1.165, 1.54) is 5.56 Å². The Balaban J connectivity index is 1.86. The molecular formula is C18H22O5. The van der Waals surface area contributed by atoms with E-state index < -0.39 is 29.3 Å². The lowest BCUT2D eigenvalue weighted by Gasteiger charge is -2.62. The van der Waals surface area contributed by atoms with Crippen LogP contribution in [0.1, 0.15) is 36.8 Å². The first kappa shape index (κ1) is 14.1. The van der Waals surface area contributed by atoms with Crippen molar-refractivity contribution in [3.05, 3.63) is 23.3 Å². The molecule has 1 unspecified atom stereocenters. The molecule has 3 N–H and O–H groups in total. The van der Waals surface area contributed by atoms with Crippen molar-refractivity contribution in [2.75, 3.05) is 7.11 Å². The van der Waals surface area contributed by atoms with Crippen molar-refractivity contribution in [1.82, 2.24) is 0 Å². The fourth-order valence-corrected chi connectivity index (χ4v) is 6.05. The Bertz CT molecular complexity index is 688. The van der Waals surface area contributed by atoms with Crippen LogP contribution in [0.4, 0.5) is 0 Å². The molecule has 3 aliphatic carbocycles. The van der Waals surface area contributed by atoms with Gasteiger partial charge >= 0.3 is 0 Å². The van der Waals surface area contributed by atoms with Crippen molar-refractivity contribution in [2.45, 2.75) is 61.4 Å². The number of aliphatic hydroxyl groups is 3. The first-order valence-corrected chi connectivity index (χ1v) is 8.49. The van der Waals surface area contributed by atoms with E-state index in [1.807, 2.05) is 6.07 Å². The monoisotopic (exact) mass is 318 g/mol. The molecule has 0 aromatic heterocycles. The van der Waals surface area contributed by atoms with Gasteiger partial charge in [0, 0.05) is 12.0 Å². The molecule has 1 heterocycles. The lowest BCUT2D eigenvalue weighted by atomic mass is 9.44. The summed E-state index contributed by atoms with van der Waals surface area (Å²) in [4.78, 5) is 0. The van der Waals surface area contributed by atoms with Gasteiger partial charge in [0.1, 0.15) is 11.7 Å². The molecule has 1 aliphatic heterocycles. The molecule has 1 aromatic carbocycles. The average Bonchev–Trinajstić information content (AvgIpc) is 2.86. The summed E-state index contributed by atoms with van der Waals surface area (Å²) < 4.78 is 11.6. The van der Waals surface area contributed by atoms with E-state index in [2.05, 4.69) is 6.07 Å². The van der Waals surface area contributed by atoms with Gasteiger partial charge in [0.25, 0.3) is 0 Å². The van der Waals surface area contributed by atoms with Crippen LogP contribution in [0.3, 0.4) is 0 Å². The average molecular weight is 318 g/mol. The molecule has 124 valence electrons. The summed E-state index contributed by atoms with van der Waals surface area (Å²) in [5, 5.41) is 33.0. The molecule has 5 heteroatoms. The minimum atomic E-state index is -1.22. The van der Waals surface area contributed by atoms with Crippen LogP contribution in [-0.2, 0) is 11.8 Å². The van der Waals surface area contributed by atoms with Crippen LogP contribution >= 0.6 is 0 Å². The van der Waals surface area contributed by atoms with Gasteiger partial charge in [0.2, 0.25) is 0 Å². The Morgan fingerprint density at radius 3 is 2.91 bits per heavy atom. The molecule has 0 amide bonds. The van der Waals surface area contributed by atoms with Gasteiger partial charge < -0.3 is 24.8 Å². The third kappa shape index (κ3) is 1.33. The van der Waals surface area contributed by atoms with Crippen molar-refractivity contribution in [3.8, 4) is 11.5 Å². The summed E-state index contributed by atoms with van der Waals surface area (Å²) in [6, 6.07) is 3.96. The summed E-state index contributed by atoms with van der Waals surface area (Å²) in [5.74, 6) is 1.30. The quantitative estimate of drug-likeness (QED) is 0.717. The van der Waals surface area contributed by atoms with E-state index in [0.717, 1.165) is 31.2 Å². The lowest BCUT2D eigenvalue weighted by Crippen LogP contribution is -2.75. The van der Waals surface area contributed by atoms with Gasteiger partial charge in [0.05, 0.1) is 24.7 Å². The lowest BCUT2D eigenvalue weighted by molar-refractivity contribution is -0.246. The van der Waals surface area contributed by atoms with Gasteiger partial charge in [-0.05, 0) is 36.8 Å². The van der Waals surface area contributed by atoms with E-state index in [0.29, 0.717) is 11.5 Å². The fraction of sp³-hybridized carbons (Fsp3) is 0.667. The Morgan fingerprint density at radius 2 is 2.13 bits per heavy atom. The zero-order valence-electron chi connectivity index (χ0n) is 13.2. The van der Waals surface area contributed by atoms with Crippen LogP contribution in [0.2, 0.25) is 0 Å². The second-order valence-electron chi connectivity index (χ2n) is 7.58. The van der Waals surface area contributed by atoms with Crippen molar-refractivity contribution in [3.63, 3.8) is 0 Å². The first-order valence-electron chi connectivity index (χ1n) is 8.49. The molecule has 5 rings (SSSR count). The summed E-state index contributed by atoms with van der Waals surface area (Å²) in [6.07, 6.45) is 1.29. The molecule has 2 saturated carbocycles. The fourth-order valence-electron chi connectivity index (χ4n) is 6.05. The van der Waals surface area contributed by atoms with Crippen LogP contribution in [0.15, 0.2) is 12.1 Å². The highest BCUT2D eigenvalue weighted by Crippen LogP contribution is 2.67. The van der Waals surface area contributed by atoms with Gasteiger partial charge in [-0.25, -0.2) is 0 Å². The summed E-state index contributed by atoms with van der Waals surface area (Å²) in [6.45, 7) is 0. The highest BCUT2D eigenvalue weighted by molar-refractivity contribution is 5.62. The molecule has 0 saturated heterocycles. The SMILES string of the molecule is COc1ccc2c3c1O[C@H]1C(O)C[C@@H](O)[C@@]4(O)[C@H](CCC[C@]314)C2. The largest absolute Gasteiger partial charge is 0.493 e. The highest BCUT2D eigenvalue weighted by Gasteiger charge is 2.74. The molecular weight excluding hydrogens is 296 g/mol. The van der Waals surface area contributed by atoms with Gasteiger partial charge in [-0.2, -0.15) is 0 Å². The third-order valence-corrected chi connectivity index (χ3v) is 6.85. The predicted molar refractivity (Wildman–Crippen MR) is 81.7 cm³/mol. The van der Waals surface area contributed by atoms with E-state index in [-0.39, 0.29) is 12.3 Å². The zero-order valence-corrected chi connectivity index (χ0v) is 13.2. The highest BCUT2D eigenvalue weighted by atomic mass is 16.5. The van der Waals surface area contributed by atoms with Crippen LogP contribution in [0.25, 0.3) is 0 Å². The Morgan fingerprint density at radius 1 is 1.30 bits per heavy atom. The number of ether oxygens (including phenoxy) is 2. The van der Waals surface area contributed by atoms with Gasteiger partial charge in [-0.15, -0.1) is 0 Å². The zero-order chi connectivity index (χ0) is 16.0. The molecule has 6 atom stereocenters. The third-order valence-electron chi connectivity index (χ3n) is 6.85. The predicted octanol–water partition coefficient (Wildman–Crippen LogP) is 0.907. The topological polar surface area (TPSA) is 79.2 Å². The van der Waals surface area contributed by atoms with Gasteiger partial charge in [-0.3, -0.25) is 0 Å². The second-order valence-corrected chi connectivity index (χ2v) is 7.58. The minimum Gasteiger partial charge on any atom is -0.493 e. The van der Waals surface area contributed by atoms with Gasteiger partial charge in [-0.1, -0.05) is 12.5 Å². The van der Waals surface area contributed by atoms with Crippen LogP contribution in [0, 0.1) is 5.92 Å². The smallest absolute Gasteiger partial charge is 0.166 e. The Labute approximate surface area is 134 Å². The molecule has 2 bridgehead atoms. The van der Waals surface area contributed by atoms with Crippen molar-refractivity contribution in [2.24, 2.45) is 5.92 Å². The number of aliphatic hydroxyl groups excluding tert-OH is 2.